The molecule has 152 valence electrons. The highest BCUT2D eigenvalue weighted by atomic mass is 32.2. The molecule has 1 aromatic heterocycles. The van der Waals surface area contributed by atoms with Crippen LogP contribution in [0.15, 0.2) is 53.4 Å². The van der Waals surface area contributed by atoms with E-state index in [2.05, 4.69) is 15.5 Å². The summed E-state index contributed by atoms with van der Waals surface area (Å²) >= 11 is 0. The van der Waals surface area contributed by atoms with Gasteiger partial charge in [0.05, 0.1) is 10.4 Å². The molecule has 0 atom stereocenters. The summed E-state index contributed by atoms with van der Waals surface area (Å²) in [6.45, 7) is 0. The van der Waals surface area contributed by atoms with Gasteiger partial charge in [0.2, 0.25) is 10.0 Å². The second-order valence-electron chi connectivity index (χ2n) is 7.41. The quantitative estimate of drug-likeness (QED) is 0.667. The zero-order chi connectivity index (χ0) is 20.4. The molecule has 0 aliphatic heterocycles. The van der Waals surface area contributed by atoms with Gasteiger partial charge in [0, 0.05) is 24.2 Å². The fourth-order valence-electron chi connectivity index (χ4n) is 3.84. The SMILES string of the molecule is CN(C1CCCCC1)S(=O)(=O)c1ccc(NC(=O)c2n[nH]c3ccccc23)cc1. The molecule has 2 aromatic carbocycles. The molecule has 0 unspecified atom stereocenters. The van der Waals surface area contributed by atoms with Crippen LogP contribution in [0.3, 0.4) is 0 Å². The van der Waals surface area contributed by atoms with E-state index in [1.54, 1.807) is 19.2 Å². The maximum atomic E-state index is 12.9. The number of nitrogens with zero attached hydrogens (tertiary/aromatic N) is 2. The van der Waals surface area contributed by atoms with Gasteiger partial charge in [0.15, 0.2) is 5.69 Å². The maximum absolute atomic E-state index is 12.9. The third-order valence-electron chi connectivity index (χ3n) is 5.56. The lowest BCUT2D eigenvalue weighted by molar-refractivity contribution is 0.102. The highest BCUT2D eigenvalue weighted by molar-refractivity contribution is 7.89. The molecular weight excluding hydrogens is 388 g/mol. The van der Waals surface area contributed by atoms with Gasteiger partial charge in [0.25, 0.3) is 5.91 Å². The van der Waals surface area contributed by atoms with E-state index < -0.39 is 10.0 Å². The van der Waals surface area contributed by atoms with Crippen LogP contribution in [-0.2, 0) is 10.0 Å². The van der Waals surface area contributed by atoms with Crippen LogP contribution in [0.2, 0.25) is 0 Å². The summed E-state index contributed by atoms with van der Waals surface area (Å²) < 4.78 is 27.3. The summed E-state index contributed by atoms with van der Waals surface area (Å²) in [6.07, 6.45) is 5.11. The fraction of sp³-hybridized carbons (Fsp3) is 0.333. The molecule has 2 N–H and O–H groups in total. The van der Waals surface area contributed by atoms with E-state index in [1.165, 1.54) is 22.9 Å². The summed E-state index contributed by atoms with van der Waals surface area (Å²) in [7, 11) is -1.90. The highest BCUT2D eigenvalue weighted by Gasteiger charge is 2.29. The number of amides is 1. The minimum atomic E-state index is -3.55. The zero-order valence-corrected chi connectivity index (χ0v) is 17.1. The number of aromatic nitrogens is 2. The molecule has 1 aliphatic rings. The second kappa shape index (κ2) is 7.96. The smallest absolute Gasteiger partial charge is 0.276 e. The number of sulfonamides is 1. The lowest BCUT2D eigenvalue weighted by atomic mass is 9.96. The van der Waals surface area contributed by atoms with Crippen molar-refractivity contribution in [2.45, 2.75) is 43.0 Å². The molecule has 4 rings (SSSR count). The second-order valence-corrected chi connectivity index (χ2v) is 9.41. The third kappa shape index (κ3) is 3.90. The van der Waals surface area contributed by atoms with E-state index in [9.17, 15) is 13.2 Å². The Hall–Kier alpha value is -2.71. The molecule has 0 radical (unpaired) electrons. The number of para-hydroxylation sites is 1. The number of nitrogens with one attached hydrogen (secondary N) is 2. The standard InChI is InChI=1S/C21H24N4O3S/c1-25(16-7-3-2-4-8-16)29(27,28)17-13-11-15(12-14-17)22-21(26)20-18-9-5-6-10-19(18)23-24-20/h5-6,9-14,16H,2-4,7-8H2,1H3,(H,22,26)(H,23,24). The van der Waals surface area contributed by atoms with E-state index in [-0.39, 0.29) is 16.8 Å². The first-order chi connectivity index (χ1) is 14.0. The molecule has 1 fully saturated rings. The Morgan fingerprint density at radius 1 is 1.07 bits per heavy atom. The van der Waals surface area contributed by atoms with Gasteiger partial charge in [-0.1, -0.05) is 37.5 Å². The molecule has 1 aliphatic carbocycles. The summed E-state index contributed by atoms with van der Waals surface area (Å²) in [5.74, 6) is -0.350. The van der Waals surface area contributed by atoms with Crippen molar-refractivity contribution >= 4 is 32.5 Å². The molecule has 1 amide bonds. The number of hydrogen-bond acceptors (Lipinski definition) is 4. The summed E-state index contributed by atoms with van der Waals surface area (Å²) in [6, 6.07) is 13.7. The first-order valence-electron chi connectivity index (χ1n) is 9.79. The predicted octanol–water partition coefficient (Wildman–Crippen LogP) is 3.77. The van der Waals surface area contributed by atoms with Crippen molar-refractivity contribution in [1.29, 1.82) is 0 Å². The van der Waals surface area contributed by atoms with E-state index in [0.717, 1.165) is 36.6 Å². The van der Waals surface area contributed by atoms with Crippen LogP contribution in [0.4, 0.5) is 5.69 Å². The Kier molecular flexibility index (Phi) is 5.38. The van der Waals surface area contributed by atoms with Crippen molar-refractivity contribution in [2.24, 2.45) is 0 Å². The molecule has 8 heteroatoms. The number of hydrogen-bond donors (Lipinski definition) is 2. The lowest BCUT2D eigenvalue weighted by Crippen LogP contribution is -2.38. The van der Waals surface area contributed by atoms with Crippen LogP contribution in [-0.4, -0.2) is 41.9 Å². The average Bonchev–Trinajstić information content (AvgIpc) is 3.18. The highest BCUT2D eigenvalue weighted by Crippen LogP contribution is 2.27. The van der Waals surface area contributed by atoms with Crippen LogP contribution < -0.4 is 5.32 Å². The number of rotatable bonds is 5. The molecule has 3 aromatic rings. The predicted molar refractivity (Wildman–Crippen MR) is 112 cm³/mol. The minimum absolute atomic E-state index is 0.0566. The summed E-state index contributed by atoms with van der Waals surface area (Å²) in [4.78, 5) is 12.8. The molecule has 1 heterocycles. The van der Waals surface area contributed by atoms with Crippen LogP contribution in [0.25, 0.3) is 10.9 Å². The van der Waals surface area contributed by atoms with E-state index in [1.807, 2.05) is 24.3 Å². The van der Waals surface area contributed by atoms with Crippen LogP contribution >= 0.6 is 0 Å². The fourth-order valence-corrected chi connectivity index (χ4v) is 5.26. The van der Waals surface area contributed by atoms with Crippen LogP contribution in [0.5, 0.6) is 0 Å². The number of fused-ring (bicyclic) bond motifs is 1. The molecular formula is C21H24N4O3S. The lowest BCUT2D eigenvalue weighted by Gasteiger charge is -2.30. The van der Waals surface area contributed by atoms with Crippen molar-refractivity contribution in [2.75, 3.05) is 12.4 Å². The first-order valence-corrected chi connectivity index (χ1v) is 11.2. The van der Waals surface area contributed by atoms with Crippen molar-refractivity contribution < 1.29 is 13.2 Å². The largest absolute Gasteiger partial charge is 0.321 e. The Balaban J connectivity index is 1.49. The number of carbonyl (C=O) groups excluding carboxylic acids is 1. The number of carbonyl (C=O) groups is 1. The van der Waals surface area contributed by atoms with E-state index >= 15 is 0 Å². The van der Waals surface area contributed by atoms with Crippen LogP contribution in [0, 0.1) is 0 Å². The molecule has 1 saturated carbocycles. The number of H-pyrrole nitrogens is 1. The maximum Gasteiger partial charge on any atom is 0.276 e. The van der Waals surface area contributed by atoms with Gasteiger partial charge >= 0.3 is 0 Å². The van der Waals surface area contributed by atoms with E-state index in [0.29, 0.717) is 11.4 Å². The molecule has 0 bridgehead atoms. The topological polar surface area (TPSA) is 95.2 Å². The number of aromatic amines is 1. The summed E-state index contributed by atoms with van der Waals surface area (Å²) in [5.41, 5.74) is 1.60. The molecule has 0 spiro atoms. The van der Waals surface area contributed by atoms with Crippen molar-refractivity contribution in [3.63, 3.8) is 0 Å². The Bertz CT molecular complexity index is 1120. The Labute approximate surface area is 170 Å². The number of anilines is 1. The number of benzene rings is 2. The zero-order valence-electron chi connectivity index (χ0n) is 16.3. The third-order valence-corrected chi connectivity index (χ3v) is 7.49. The van der Waals surface area contributed by atoms with Crippen LogP contribution in [0.1, 0.15) is 42.6 Å². The molecule has 0 saturated heterocycles. The normalized spacial score (nSPS) is 15.7. The first kappa shape index (κ1) is 19.6. The molecule has 29 heavy (non-hydrogen) atoms. The monoisotopic (exact) mass is 412 g/mol. The van der Waals surface area contributed by atoms with Gasteiger partial charge in [-0.25, -0.2) is 8.42 Å². The Morgan fingerprint density at radius 2 is 1.76 bits per heavy atom. The van der Waals surface area contributed by atoms with Crippen molar-refractivity contribution in [3.05, 3.63) is 54.2 Å². The van der Waals surface area contributed by atoms with Crippen molar-refractivity contribution in [3.8, 4) is 0 Å². The minimum Gasteiger partial charge on any atom is -0.321 e. The molecule has 7 nitrogen and oxygen atoms in total. The van der Waals surface area contributed by atoms with Gasteiger partial charge in [-0.05, 0) is 43.2 Å². The van der Waals surface area contributed by atoms with Gasteiger partial charge in [-0.3, -0.25) is 9.89 Å². The van der Waals surface area contributed by atoms with E-state index in [4.69, 9.17) is 0 Å². The van der Waals surface area contributed by atoms with Gasteiger partial charge < -0.3 is 5.32 Å². The summed E-state index contributed by atoms with van der Waals surface area (Å²) in [5, 5.41) is 10.4. The van der Waals surface area contributed by atoms with Gasteiger partial charge in [0.1, 0.15) is 0 Å². The van der Waals surface area contributed by atoms with Gasteiger partial charge in [-0.2, -0.15) is 9.40 Å². The van der Waals surface area contributed by atoms with Gasteiger partial charge in [-0.15, -0.1) is 0 Å². The Morgan fingerprint density at radius 3 is 2.48 bits per heavy atom. The van der Waals surface area contributed by atoms with Crippen molar-refractivity contribution in [1.82, 2.24) is 14.5 Å². The average molecular weight is 413 g/mol.